The molecule has 0 fully saturated rings. The van der Waals surface area contributed by atoms with Crippen molar-refractivity contribution in [1.29, 1.82) is 0 Å². The van der Waals surface area contributed by atoms with Gasteiger partial charge in [0.1, 0.15) is 0 Å². The van der Waals surface area contributed by atoms with Crippen molar-refractivity contribution in [3.05, 3.63) is 224 Å². The van der Waals surface area contributed by atoms with E-state index >= 15 is 0 Å². The molecule has 0 radical (unpaired) electrons. The van der Waals surface area contributed by atoms with Gasteiger partial charge in [0, 0.05) is 27.1 Å². The lowest BCUT2D eigenvalue weighted by atomic mass is 9.93. The summed E-state index contributed by atoms with van der Waals surface area (Å²) in [6.07, 6.45) is 0. The van der Waals surface area contributed by atoms with Crippen molar-refractivity contribution >= 4 is 43.6 Å². The molecule has 0 spiro atoms. The van der Waals surface area contributed by atoms with E-state index in [1.807, 2.05) is 0 Å². The number of hydrogen-bond acceptors (Lipinski definition) is 3. The number of rotatable bonds is 7. The van der Waals surface area contributed by atoms with Crippen LogP contribution < -0.4 is 0 Å². The van der Waals surface area contributed by atoms with E-state index < -0.39 is 0 Å². The molecule has 0 saturated heterocycles. The van der Waals surface area contributed by atoms with E-state index in [0.29, 0.717) is 17.7 Å². The van der Waals surface area contributed by atoms with Crippen LogP contribution in [0.5, 0.6) is 0 Å². The molecule has 0 unspecified atom stereocenters. The Balaban J connectivity index is 1.11. The zero-order chi connectivity index (χ0) is 41.0. The lowest BCUT2D eigenvalue weighted by Crippen LogP contribution is -2.10. The van der Waals surface area contributed by atoms with E-state index in [-0.39, 0.29) is 0 Å². The fourth-order valence-corrected chi connectivity index (χ4v) is 9.04. The fourth-order valence-electron chi connectivity index (χ4n) is 9.04. The topological polar surface area (TPSA) is 48.5 Å². The maximum absolute atomic E-state index is 5.42. The van der Waals surface area contributed by atoms with Crippen molar-refractivity contribution in [3.63, 3.8) is 0 Å². The van der Waals surface area contributed by atoms with Crippen LogP contribution in [-0.2, 0) is 0 Å². The Hall–Kier alpha value is -8.41. The molecule has 12 aromatic rings. The second-order valence-electron chi connectivity index (χ2n) is 15.7. The van der Waals surface area contributed by atoms with Crippen molar-refractivity contribution in [2.24, 2.45) is 0 Å². The SMILES string of the molecule is c1ccc(-c2cc(-c3ccccc3)cc(-c3cccc(-c4nc(-n5c6ccccc6c6ccccc65)nc(-n5c6ccccc6c6ccc(-c7ccccc7)cc65)n4)c3)c2)cc1. The number of nitrogens with zero attached hydrogens (tertiary/aromatic N) is 5. The summed E-state index contributed by atoms with van der Waals surface area (Å²) < 4.78 is 4.39. The molecule has 0 N–H and O–H groups in total. The zero-order valence-corrected chi connectivity index (χ0v) is 33.6. The quantitative estimate of drug-likeness (QED) is 0.162. The highest BCUT2D eigenvalue weighted by atomic mass is 15.3. The third-order valence-corrected chi connectivity index (χ3v) is 12.0. The van der Waals surface area contributed by atoms with E-state index in [4.69, 9.17) is 15.0 Å². The first-order valence-electron chi connectivity index (χ1n) is 20.9. The molecule has 290 valence electrons. The Morgan fingerprint density at radius 1 is 0.226 bits per heavy atom. The summed E-state index contributed by atoms with van der Waals surface area (Å²) in [4.78, 5) is 16.2. The van der Waals surface area contributed by atoms with Crippen molar-refractivity contribution in [3.8, 4) is 67.8 Å². The summed E-state index contributed by atoms with van der Waals surface area (Å²) in [5, 5.41) is 4.56. The van der Waals surface area contributed by atoms with Crippen LogP contribution in [0.1, 0.15) is 0 Å². The Labute approximate surface area is 358 Å². The average Bonchev–Trinajstić information content (AvgIpc) is 3.87. The molecular formula is C57H37N5. The minimum absolute atomic E-state index is 0.547. The maximum atomic E-state index is 5.42. The Morgan fingerprint density at radius 3 is 1.10 bits per heavy atom. The van der Waals surface area contributed by atoms with Crippen LogP contribution in [0.4, 0.5) is 0 Å². The van der Waals surface area contributed by atoms with Crippen molar-refractivity contribution in [2.45, 2.75) is 0 Å². The molecule has 0 bridgehead atoms. The van der Waals surface area contributed by atoms with Crippen LogP contribution in [0.2, 0.25) is 0 Å². The highest BCUT2D eigenvalue weighted by Gasteiger charge is 2.21. The monoisotopic (exact) mass is 791 g/mol. The van der Waals surface area contributed by atoms with Crippen molar-refractivity contribution < 1.29 is 0 Å². The molecule has 0 atom stereocenters. The third-order valence-electron chi connectivity index (χ3n) is 12.0. The van der Waals surface area contributed by atoms with Gasteiger partial charge >= 0.3 is 0 Å². The summed E-state index contributed by atoms with van der Waals surface area (Å²) in [5.74, 6) is 1.68. The number of fused-ring (bicyclic) bond motifs is 6. The van der Waals surface area contributed by atoms with Gasteiger partial charge in [-0.15, -0.1) is 0 Å². The molecule has 0 aliphatic heterocycles. The minimum Gasteiger partial charge on any atom is -0.278 e. The average molecular weight is 792 g/mol. The van der Waals surface area contributed by atoms with Gasteiger partial charge in [-0.3, -0.25) is 9.13 Å². The van der Waals surface area contributed by atoms with Gasteiger partial charge < -0.3 is 0 Å². The van der Waals surface area contributed by atoms with Crippen LogP contribution in [0, 0.1) is 0 Å². The van der Waals surface area contributed by atoms with Crippen LogP contribution in [-0.4, -0.2) is 24.1 Å². The van der Waals surface area contributed by atoms with E-state index in [2.05, 4.69) is 234 Å². The molecule has 0 aliphatic rings. The molecule has 3 heterocycles. The summed E-state index contributed by atoms with van der Waals surface area (Å²) in [7, 11) is 0. The molecule has 0 amide bonds. The summed E-state index contributed by atoms with van der Waals surface area (Å²) in [5.41, 5.74) is 14.1. The highest BCUT2D eigenvalue weighted by Crippen LogP contribution is 2.38. The molecule has 0 aliphatic carbocycles. The predicted octanol–water partition coefficient (Wildman–Crippen LogP) is 14.4. The fraction of sp³-hybridized carbons (Fsp3) is 0. The van der Waals surface area contributed by atoms with Gasteiger partial charge in [-0.2, -0.15) is 15.0 Å². The van der Waals surface area contributed by atoms with Gasteiger partial charge in [-0.1, -0.05) is 176 Å². The summed E-state index contributed by atoms with van der Waals surface area (Å²) in [6.45, 7) is 0. The Bertz CT molecular complexity index is 3510. The maximum Gasteiger partial charge on any atom is 0.240 e. The molecule has 3 aromatic heterocycles. The van der Waals surface area contributed by atoms with Crippen molar-refractivity contribution in [1.82, 2.24) is 24.1 Å². The second-order valence-corrected chi connectivity index (χ2v) is 15.7. The smallest absolute Gasteiger partial charge is 0.240 e. The lowest BCUT2D eigenvalue weighted by molar-refractivity contribution is 0.893. The Kier molecular flexibility index (Phi) is 8.42. The summed E-state index contributed by atoms with van der Waals surface area (Å²) >= 11 is 0. The van der Waals surface area contributed by atoms with E-state index in [1.54, 1.807) is 0 Å². The van der Waals surface area contributed by atoms with Crippen LogP contribution in [0.3, 0.4) is 0 Å². The first-order valence-corrected chi connectivity index (χ1v) is 20.9. The van der Waals surface area contributed by atoms with Gasteiger partial charge in [-0.05, 0) is 93.0 Å². The lowest BCUT2D eigenvalue weighted by Gasteiger charge is -2.14. The standard InChI is InChI=1S/C57H37N5/c1-4-17-38(18-5-1)42-31-32-50-49-27-12-15-30-53(49)62(54(50)37-42)57-59-55(58-56(60-57)61-51-28-13-10-25-47(51)48-26-11-14-29-52(48)61)43-24-16-23-41(33-43)46-35-44(39-19-6-2-7-20-39)34-45(36-46)40-21-8-3-9-22-40/h1-37H. The minimum atomic E-state index is 0.547. The molecule has 0 saturated carbocycles. The molecule has 5 heteroatoms. The molecule has 9 aromatic carbocycles. The molecule has 5 nitrogen and oxygen atoms in total. The summed E-state index contributed by atoms with van der Waals surface area (Å²) in [6, 6.07) is 79.4. The third kappa shape index (κ3) is 6.06. The number of aromatic nitrogens is 5. The number of benzene rings is 9. The van der Waals surface area contributed by atoms with Gasteiger partial charge in [0.15, 0.2) is 5.82 Å². The van der Waals surface area contributed by atoms with Crippen molar-refractivity contribution in [2.75, 3.05) is 0 Å². The van der Waals surface area contributed by atoms with Gasteiger partial charge in [-0.25, -0.2) is 0 Å². The van der Waals surface area contributed by atoms with E-state index in [0.717, 1.165) is 82.6 Å². The van der Waals surface area contributed by atoms with Gasteiger partial charge in [0.2, 0.25) is 11.9 Å². The molecular weight excluding hydrogens is 755 g/mol. The normalized spacial score (nSPS) is 11.5. The second kappa shape index (κ2) is 14.7. The first-order chi connectivity index (χ1) is 30.7. The number of para-hydroxylation sites is 3. The van der Waals surface area contributed by atoms with E-state index in [1.165, 1.54) is 11.1 Å². The van der Waals surface area contributed by atoms with Gasteiger partial charge in [0.05, 0.1) is 22.1 Å². The highest BCUT2D eigenvalue weighted by molar-refractivity contribution is 6.11. The first kappa shape index (κ1) is 35.5. The van der Waals surface area contributed by atoms with E-state index in [9.17, 15) is 0 Å². The van der Waals surface area contributed by atoms with Crippen LogP contribution in [0.25, 0.3) is 111 Å². The van der Waals surface area contributed by atoms with Crippen LogP contribution >= 0.6 is 0 Å². The van der Waals surface area contributed by atoms with Gasteiger partial charge in [0.25, 0.3) is 0 Å². The molecule has 12 rings (SSSR count). The zero-order valence-electron chi connectivity index (χ0n) is 33.6. The number of hydrogen-bond donors (Lipinski definition) is 0. The Morgan fingerprint density at radius 2 is 0.581 bits per heavy atom. The largest absolute Gasteiger partial charge is 0.278 e. The predicted molar refractivity (Wildman–Crippen MR) is 256 cm³/mol. The van der Waals surface area contributed by atoms with Crippen LogP contribution in [0.15, 0.2) is 224 Å². The molecule has 62 heavy (non-hydrogen) atoms.